The average Bonchev–Trinajstić information content (AvgIpc) is 2.65. The third-order valence-electron chi connectivity index (χ3n) is 2.59. The van der Waals surface area contributed by atoms with E-state index in [9.17, 15) is 4.79 Å². The molecule has 2 rings (SSSR count). The molecule has 96 valence electrons. The van der Waals surface area contributed by atoms with Crippen molar-refractivity contribution < 1.29 is 4.79 Å². The van der Waals surface area contributed by atoms with Gasteiger partial charge in [-0.2, -0.15) is 0 Å². The third-order valence-corrected chi connectivity index (χ3v) is 2.92. The Hall–Kier alpha value is -1.89. The molecule has 2 aromatic heterocycles. The van der Waals surface area contributed by atoms with Crippen LogP contribution < -0.4 is 5.32 Å². The van der Waals surface area contributed by atoms with Gasteiger partial charge < -0.3 is 19.8 Å². The van der Waals surface area contributed by atoms with E-state index in [0.717, 1.165) is 11.0 Å². The molecule has 0 aromatic carbocycles. The van der Waals surface area contributed by atoms with Gasteiger partial charge in [0.2, 0.25) is 0 Å². The second-order valence-electron chi connectivity index (χ2n) is 4.10. The summed E-state index contributed by atoms with van der Waals surface area (Å²) in [6, 6.07) is 1.79. The van der Waals surface area contributed by atoms with E-state index in [4.69, 9.17) is 12.2 Å². The maximum Gasteiger partial charge on any atom is 0.316 e. The highest BCUT2D eigenvalue weighted by atomic mass is 32.1. The number of nitrogens with zero attached hydrogens (tertiary/aromatic N) is 3. The number of hydrogen-bond donors (Lipinski definition) is 2. The van der Waals surface area contributed by atoms with Crippen LogP contribution in [0.5, 0.6) is 0 Å². The van der Waals surface area contributed by atoms with Gasteiger partial charge in [0.15, 0.2) is 4.77 Å². The Morgan fingerprint density at radius 3 is 3.11 bits per heavy atom. The normalized spacial score (nSPS) is 10.6. The predicted molar refractivity (Wildman–Crippen MR) is 72.0 cm³/mol. The van der Waals surface area contributed by atoms with Crippen LogP contribution in [0.3, 0.4) is 0 Å². The van der Waals surface area contributed by atoms with E-state index in [1.165, 1.54) is 4.90 Å². The molecular formula is C11H15N5OS. The summed E-state index contributed by atoms with van der Waals surface area (Å²) in [5, 5.41) is 2.80. The van der Waals surface area contributed by atoms with Crippen LogP contribution in [0.4, 0.5) is 4.79 Å². The van der Waals surface area contributed by atoms with Gasteiger partial charge in [0.25, 0.3) is 0 Å². The first-order valence-corrected chi connectivity index (χ1v) is 5.98. The molecular weight excluding hydrogens is 250 g/mol. The van der Waals surface area contributed by atoms with Crippen molar-refractivity contribution in [1.29, 1.82) is 0 Å². The van der Waals surface area contributed by atoms with Crippen LogP contribution in [0.25, 0.3) is 11.0 Å². The van der Waals surface area contributed by atoms with Gasteiger partial charge in [0.05, 0.1) is 17.2 Å². The summed E-state index contributed by atoms with van der Waals surface area (Å²) >= 11 is 5.24. The molecule has 2 aromatic rings. The number of fused-ring (bicyclic) bond motifs is 1. The molecule has 0 aliphatic heterocycles. The molecule has 0 unspecified atom stereocenters. The number of hydrogen-bond acceptors (Lipinski definition) is 3. The molecule has 0 saturated heterocycles. The van der Waals surface area contributed by atoms with Crippen LogP contribution in [-0.4, -0.2) is 46.1 Å². The van der Waals surface area contributed by atoms with E-state index in [2.05, 4.69) is 15.3 Å². The molecule has 6 nitrogen and oxygen atoms in total. The van der Waals surface area contributed by atoms with Crippen LogP contribution in [0.1, 0.15) is 0 Å². The first-order chi connectivity index (χ1) is 8.59. The Morgan fingerprint density at radius 1 is 1.61 bits per heavy atom. The number of aromatic amines is 1. The highest BCUT2D eigenvalue weighted by Crippen LogP contribution is 2.11. The minimum Gasteiger partial charge on any atom is -0.336 e. The number of nitrogens with one attached hydrogen (secondary N) is 2. The predicted octanol–water partition coefficient (Wildman–Crippen LogP) is 1.37. The highest BCUT2D eigenvalue weighted by molar-refractivity contribution is 7.71. The maximum atomic E-state index is 11.4. The van der Waals surface area contributed by atoms with Crippen molar-refractivity contribution >= 4 is 29.3 Å². The number of carbonyl (C=O) groups is 1. The van der Waals surface area contributed by atoms with E-state index in [1.54, 1.807) is 26.5 Å². The Balaban J connectivity index is 2.10. The minimum atomic E-state index is -0.108. The molecule has 2 N–H and O–H groups in total. The largest absolute Gasteiger partial charge is 0.336 e. The maximum absolute atomic E-state index is 11.4. The SMILES string of the molecule is CN(C)C(=O)NCCn1c(=S)[nH]c2cnccc21. The van der Waals surface area contributed by atoms with Gasteiger partial charge in [-0.1, -0.05) is 0 Å². The Morgan fingerprint density at radius 2 is 2.39 bits per heavy atom. The zero-order valence-electron chi connectivity index (χ0n) is 10.3. The van der Waals surface area contributed by atoms with Crippen molar-refractivity contribution in [3.8, 4) is 0 Å². The fourth-order valence-corrected chi connectivity index (χ4v) is 1.97. The number of rotatable bonds is 3. The lowest BCUT2D eigenvalue weighted by Gasteiger charge is -2.12. The summed E-state index contributed by atoms with van der Waals surface area (Å²) in [5.41, 5.74) is 1.90. The summed E-state index contributed by atoms with van der Waals surface area (Å²) in [6.07, 6.45) is 3.46. The summed E-state index contributed by atoms with van der Waals surface area (Å²) in [4.78, 5) is 20.0. The van der Waals surface area contributed by atoms with E-state index < -0.39 is 0 Å². The Kier molecular flexibility index (Phi) is 3.61. The Labute approximate surface area is 110 Å². The monoisotopic (exact) mass is 265 g/mol. The van der Waals surface area contributed by atoms with Crippen molar-refractivity contribution in [3.63, 3.8) is 0 Å². The lowest BCUT2D eigenvalue weighted by molar-refractivity contribution is 0.217. The van der Waals surface area contributed by atoms with Gasteiger partial charge in [-0.15, -0.1) is 0 Å². The van der Waals surface area contributed by atoms with Gasteiger partial charge in [-0.05, 0) is 18.3 Å². The molecule has 7 heteroatoms. The zero-order chi connectivity index (χ0) is 13.1. The summed E-state index contributed by atoms with van der Waals surface area (Å²) < 4.78 is 2.58. The fourth-order valence-electron chi connectivity index (χ4n) is 1.67. The molecule has 0 aliphatic rings. The third kappa shape index (κ3) is 2.51. The van der Waals surface area contributed by atoms with Gasteiger partial charge in [0.1, 0.15) is 0 Å². The number of pyridine rings is 1. The van der Waals surface area contributed by atoms with E-state index in [0.29, 0.717) is 17.9 Å². The number of H-pyrrole nitrogens is 1. The van der Waals surface area contributed by atoms with Crippen molar-refractivity contribution in [2.24, 2.45) is 0 Å². The summed E-state index contributed by atoms with van der Waals surface area (Å²) in [5.74, 6) is 0. The van der Waals surface area contributed by atoms with Crippen LogP contribution in [0.2, 0.25) is 0 Å². The van der Waals surface area contributed by atoms with Crippen LogP contribution in [0, 0.1) is 4.77 Å². The van der Waals surface area contributed by atoms with Crippen molar-refractivity contribution in [3.05, 3.63) is 23.2 Å². The molecule has 0 spiro atoms. The number of urea groups is 1. The van der Waals surface area contributed by atoms with Gasteiger partial charge in [0, 0.05) is 33.4 Å². The van der Waals surface area contributed by atoms with Crippen LogP contribution in [0.15, 0.2) is 18.5 Å². The second-order valence-corrected chi connectivity index (χ2v) is 4.49. The topological polar surface area (TPSA) is 66.0 Å². The lowest BCUT2D eigenvalue weighted by atomic mass is 10.4. The number of carbonyl (C=O) groups excluding carboxylic acids is 1. The van der Waals surface area contributed by atoms with Gasteiger partial charge in [-0.25, -0.2) is 4.79 Å². The zero-order valence-corrected chi connectivity index (χ0v) is 11.1. The first kappa shape index (κ1) is 12.6. The van der Waals surface area contributed by atoms with Crippen molar-refractivity contribution in [2.45, 2.75) is 6.54 Å². The molecule has 0 fully saturated rings. The van der Waals surface area contributed by atoms with Crippen molar-refractivity contribution in [2.75, 3.05) is 20.6 Å². The fraction of sp³-hybridized carbons (Fsp3) is 0.364. The lowest BCUT2D eigenvalue weighted by Crippen LogP contribution is -2.36. The summed E-state index contributed by atoms with van der Waals surface area (Å²) in [6.45, 7) is 1.16. The van der Waals surface area contributed by atoms with Crippen LogP contribution >= 0.6 is 12.2 Å². The smallest absolute Gasteiger partial charge is 0.316 e. The van der Waals surface area contributed by atoms with E-state index in [-0.39, 0.29) is 6.03 Å². The average molecular weight is 265 g/mol. The molecule has 0 atom stereocenters. The molecule has 0 bridgehead atoms. The molecule has 2 heterocycles. The molecule has 0 saturated carbocycles. The standard InChI is InChI=1S/C11H15N5OS/c1-15(2)10(17)13-5-6-16-9-3-4-12-7-8(9)14-11(16)18/h3-4,7H,5-6H2,1-2H3,(H,13,17)(H,14,18). The van der Waals surface area contributed by atoms with E-state index >= 15 is 0 Å². The molecule has 18 heavy (non-hydrogen) atoms. The first-order valence-electron chi connectivity index (χ1n) is 5.57. The minimum absolute atomic E-state index is 0.108. The van der Waals surface area contributed by atoms with Crippen LogP contribution in [-0.2, 0) is 6.54 Å². The summed E-state index contributed by atoms with van der Waals surface area (Å²) in [7, 11) is 3.41. The number of amides is 2. The Bertz CT molecular complexity index is 615. The second kappa shape index (κ2) is 5.18. The number of aromatic nitrogens is 3. The van der Waals surface area contributed by atoms with Gasteiger partial charge >= 0.3 is 6.03 Å². The molecule has 2 amide bonds. The molecule has 0 aliphatic carbocycles. The van der Waals surface area contributed by atoms with Crippen molar-refractivity contribution in [1.82, 2.24) is 24.8 Å². The molecule has 0 radical (unpaired) electrons. The quantitative estimate of drug-likeness (QED) is 0.824. The van der Waals surface area contributed by atoms with Gasteiger partial charge in [-0.3, -0.25) is 4.98 Å². The van der Waals surface area contributed by atoms with E-state index in [1.807, 2.05) is 10.6 Å². The highest BCUT2D eigenvalue weighted by Gasteiger charge is 2.05. The number of imidazole rings is 1.